The number of hydrogen-bond donors (Lipinski definition) is 3. The first kappa shape index (κ1) is 15.8. The molecule has 3 N–H and O–H groups in total. The number of carbonyl (C=O) groups is 2. The smallest absolute Gasteiger partial charge is 0.337 e. The third-order valence-corrected chi connectivity index (χ3v) is 4.41. The number of halogens is 1. The highest BCUT2D eigenvalue weighted by Gasteiger charge is 2.38. The summed E-state index contributed by atoms with van der Waals surface area (Å²) in [4.78, 5) is 23.9. The molecule has 5 nitrogen and oxygen atoms in total. The topological polar surface area (TPSA) is 78.4 Å². The van der Waals surface area contributed by atoms with Gasteiger partial charge in [-0.1, -0.05) is 18.5 Å². The molecule has 1 aliphatic heterocycles. The molecule has 1 saturated heterocycles. The minimum atomic E-state index is -1.11. The summed E-state index contributed by atoms with van der Waals surface area (Å²) in [5, 5.41) is 15.6. The third-order valence-electron chi connectivity index (χ3n) is 4.18. The van der Waals surface area contributed by atoms with Crippen molar-refractivity contribution in [3.63, 3.8) is 0 Å². The molecule has 1 aromatic carbocycles. The van der Waals surface area contributed by atoms with Crippen molar-refractivity contribution in [2.45, 2.75) is 26.2 Å². The monoisotopic (exact) mass is 310 g/mol. The van der Waals surface area contributed by atoms with Crippen molar-refractivity contribution in [3.8, 4) is 0 Å². The van der Waals surface area contributed by atoms with Crippen molar-refractivity contribution in [1.82, 2.24) is 5.32 Å². The van der Waals surface area contributed by atoms with Crippen molar-refractivity contribution in [3.05, 3.63) is 28.8 Å². The molecule has 0 atom stereocenters. The molecule has 114 valence electrons. The highest BCUT2D eigenvalue weighted by Crippen LogP contribution is 2.34. The van der Waals surface area contributed by atoms with Gasteiger partial charge in [0.05, 0.1) is 16.7 Å². The predicted molar refractivity (Wildman–Crippen MR) is 81.9 cm³/mol. The summed E-state index contributed by atoms with van der Waals surface area (Å²) < 4.78 is 0. The molecule has 1 heterocycles. The Morgan fingerprint density at radius 2 is 2.05 bits per heavy atom. The fourth-order valence-electron chi connectivity index (χ4n) is 2.70. The second-order valence-electron chi connectivity index (χ2n) is 5.33. The molecule has 0 aliphatic carbocycles. The van der Waals surface area contributed by atoms with Gasteiger partial charge in [-0.15, -0.1) is 0 Å². The number of carboxylic acid groups (broad SMARTS) is 1. The number of hydrogen-bond acceptors (Lipinski definition) is 3. The lowest BCUT2D eigenvalue weighted by Gasteiger charge is -2.35. The van der Waals surface area contributed by atoms with Gasteiger partial charge in [0, 0.05) is 5.02 Å². The lowest BCUT2D eigenvalue weighted by atomic mass is 9.76. The Morgan fingerprint density at radius 3 is 2.62 bits per heavy atom. The van der Waals surface area contributed by atoms with Crippen molar-refractivity contribution >= 4 is 29.2 Å². The lowest BCUT2D eigenvalue weighted by Crippen LogP contribution is -2.44. The minimum Gasteiger partial charge on any atom is -0.478 e. The van der Waals surface area contributed by atoms with Gasteiger partial charge in [-0.25, -0.2) is 4.79 Å². The second-order valence-corrected chi connectivity index (χ2v) is 5.77. The number of piperidine rings is 1. The highest BCUT2D eigenvalue weighted by molar-refractivity contribution is 6.31. The zero-order chi connectivity index (χ0) is 15.5. The van der Waals surface area contributed by atoms with E-state index in [1.54, 1.807) is 6.07 Å². The largest absolute Gasteiger partial charge is 0.478 e. The van der Waals surface area contributed by atoms with Gasteiger partial charge < -0.3 is 15.7 Å². The lowest BCUT2D eigenvalue weighted by molar-refractivity contribution is -0.127. The molecule has 1 aliphatic rings. The summed E-state index contributed by atoms with van der Waals surface area (Å²) in [6, 6.07) is 4.46. The Balaban J connectivity index is 2.24. The van der Waals surface area contributed by atoms with E-state index in [1.807, 2.05) is 6.92 Å². The van der Waals surface area contributed by atoms with Crippen molar-refractivity contribution < 1.29 is 14.7 Å². The van der Waals surface area contributed by atoms with Gasteiger partial charge in [0.2, 0.25) is 5.91 Å². The quantitative estimate of drug-likeness (QED) is 0.799. The maximum Gasteiger partial charge on any atom is 0.337 e. The van der Waals surface area contributed by atoms with Gasteiger partial charge in [-0.3, -0.25) is 4.79 Å². The molecule has 1 aromatic rings. The van der Waals surface area contributed by atoms with Crippen LogP contribution in [0.4, 0.5) is 5.69 Å². The average Bonchev–Trinajstić information content (AvgIpc) is 2.49. The second kappa shape index (κ2) is 6.45. The maximum atomic E-state index is 12.6. The molecule has 21 heavy (non-hydrogen) atoms. The normalized spacial score (nSPS) is 17.2. The van der Waals surface area contributed by atoms with Crippen LogP contribution < -0.4 is 10.6 Å². The Hall–Kier alpha value is -1.59. The molecule has 0 spiro atoms. The van der Waals surface area contributed by atoms with Crippen LogP contribution in [0.25, 0.3) is 0 Å². The Kier molecular flexibility index (Phi) is 4.85. The Bertz CT molecular complexity index is 554. The van der Waals surface area contributed by atoms with Crippen molar-refractivity contribution in [2.24, 2.45) is 5.41 Å². The zero-order valence-electron chi connectivity index (χ0n) is 11.9. The number of amides is 1. The summed E-state index contributed by atoms with van der Waals surface area (Å²) in [5.41, 5.74) is -0.125. The Labute approximate surface area is 128 Å². The van der Waals surface area contributed by atoms with Crippen LogP contribution in [0.2, 0.25) is 5.02 Å². The summed E-state index contributed by atoms with van der Waals surface area (Å²) in [7, 11) is 0. The van der Waals surface area contributed by atoms with E-state index in [2.05, 4.69) is 10.6 Å². The number of carboxylic acids is 1. The third kappa shape index (κ3) is 3.36. The molecular weight excluding hydrogens is 292 g/mol. The molecule has 0 radical (unpaired) electrons. The SMILES string of the molecule is CCC1(C(=O)Nc2ccc(Cl)cc2C(=O)O)CCNCC1. The van der Waals surface area contributed by atoms with Crippen molar-refractivity contribution in [1.29, 1.82) is 0 Å². The Morgan fingerprint density at radius 1 is 1.38 bits per heavy atom. The van der Waals surface area contributed by atoms with E-state index in [9.17, 15) is 14.7 Å². The van der Waals surface area contributed by atoms with E-state index >= 15 is 0 Å². The minimum absolute atomic E-state index is 0.0102. The number of carbonyl (C=O) groups excluding carboxylic acids is 1. The van der Waals surface area contributed by atoms with E-state index in [0.29, 0.717) is 10.7 Å². The molecule has 1 amide bonds. The van der Waals surface area contributed by atoms with Crippen molar-refractivity contribution in [2.75, 3.05) is 18.4 Å². The van der Waals surface area contributed by atoms with E-state index in [4.69, 9.17) is 11.6 Å². The van der Waals surface area contributed by atoms with Crippen LogP contribution in [0, 0.1) is 5.41 Å². The summed E-state index contributed by atoms with van der Waals surface area (Å²) in [6.07, 6.45) is 2.24. The number of aromatic carboxylic acids is 1. The summed E-state index contributed by atoms with van der Waals surface area (Å²) in [6.45, 7) is 3.59. The predicted octanol–water partition coefficient (Wildman–Crippen LogP) is 2.76. The fraction of sp³-hybridized carbons (Fsp3) is 0.467. The first-order valence-corrected chi connectivity index (χ1v) is 7.41. The number of benzene rings is 1. The van der Waals surface area contributed by atoms with Gasteiger partial charge in [0.15, 0.2) is 0 Å². The number of rotatable bonds is 4. The van der Waals surface area contributed by atoms with E-state index in [-0.39, 0.29) is 11.5 Å². The standard InChI is InChI=1S/C15H19ClN2O3/c1-2-15(5-7-17-8-6-15)14(21)18-12-4-3-10(16)9-11(12)13(19)20/h3-4,9,17H,2,5-8H2,1H3,(H,18,21)(H,19,20). The fourth-order valence-corrected chi connectivity index (χ4v) is 2.88. The van der Waals surface area contributed by atoms with Gasteiger partial charge in [0.25, 0.3) is 0 Å². The average molecular weight is 311 g/mol. The summed E-state index contributed by atoms with van der Waals surface area (Å²) >= 11 is 5.82. The van der Waals surface area contributed by atoms with Gasteiger partial charge in [-0.05, 0) is 50.6 Å². The van der Waals surface area contributed by atoms with Crippen LogP contribution in [0.5, 0.6) is 0 Å². The molecule has 2 rings (SSSR count). The zero-order valence-corrected chi connectivity index (χ0v) is 12.7. The molecule has 0 bridgehead atoms. The first-order chi connectivity index (χ1) is 9.98. The van der Waals surface area contributed by atoms with E-state index in [1.165, 1.54) is 12.1 Å². The van der Waals surface area contributed by atoms with Crippen LogP contribution in [0.1, 0.15) is 36.5 Å². The summed E-state index contributed by atoms with van der Waals surface area (Å²) in [5.74, 6) is -1.22. The van der Waals surface area contributed by atoms with Gasteiger partial charge in [-0.2, -0.15) is 0 Å². The molecule has 0 aromatic heterocycles. The molecular formula is C15H19ClN2O3. The van der Waals surface area contributed by atoms with Gasteiger partial charge >= 0.3 is 5.97 Å². The van der Waals surface area contributed by atoms with Crippen LogP contribution in [0.3, 0.4) is 0 Å². The molecule has 0 unspecified atom stereocenters. The highest BCUT2D eigenvalue weighted by atomic mass is 35.5. The van der Waals surface area contributed by atoms with Crippen LogP contribution in [-0.2, 0) is 4.79 Å². The van der Waals surface area contributed by atoms with Gasteiger partial charge in [0.1, 0.15) is 0 Å². The van der Waals surface area contributed by atoms with Crippen LogP contribution in [0.15, 0.2) is 18.2 Å². The molecule has 6 heteroatoms. The van der Waals surface area contributed by atoms with Crippen LogP contribution in [-0.4, -0.2) is 30.1 Å². The maximum absolute atomic E-state index is 12.6. The number of nitrogens with one attached hydrogen (secondary N) is 2. The molecule has 1 fully saturated rings. The first-order valence-electron chi connectivity index (χ1n) is 7.03. The van der Waals surface area contributed by atoms with Crippen LogP contribution >= 0.6 is 11.6 Å². The van der Waals surface area contributed by atoms with E-state index in [0.717, 1.165) is 32.4 Å². The number of anilines is 1. The molecule has 0 saturated carbocycles. The van der Waals surface area contributed by atoms with E-state index < -0.39 is 11.4 Å².